The second-order valence-electron chi connectivity index (χ2n) is 5.01. The van der Waals surface area contributed by atoms with Gasteiger partial charge in [0.15, 0.2) is 0 Å². The van der Waals surface area contributed by atoms with Crippen LogP contribution in [-0.2, 0) is 0 Å². The van der Waals surface area contributed by atoms with Gasteiger partial charge in [0.1, 0.15) is 0 Å². The first-order valence-electron chi connectivity index (χ1n) is 6.80. The van der Waals surface area contributed by atoms with Gasteiger partial charge in [0.2, 0.25) is 5.88 Å². The third-order valence-electron chi connectivity index (χ3n) is 3.34. The average Bonchev–Trinajstić information content (AvgIpc) is 2.71. The van der Waals surface area contributed by atoms with Crippen LogP contribution in [0.25, 0.3) is 5.57 Å². The van der Waals surface area contributed by atoms with Crippen LogP contribution in [-0.4, -0.2) is 36.7 Å². The molecule has 0 aliphatic carbocycles. The van der Waals surface area contributed by atoms with Gasteiger partial charge in [0.05, 0.1) is 11.3 Å². The molecule has 0 spiro atoms. The Labute approximate surface area is 109 Å². The first kappa shape index (κ1) is 13.1. The lowest BCUT2D eigenvalue weighted by molar-refractivity contribution is 0.372. The highest BCUT2D eigenvalue weighted by atomic mass is 16.5. The van der Waals surface area contributed by atoms with Gasteiger partial charge in [0.25, 0.3) is 0 Å². The molecule has 2 heterocycles. The zero-order valence-corrected chi connectivity index (χ0v) is 11.6. The molecule has 1 aliphatic rings. The van der Waals surface area contributed by atoms with Gasteiger partial charge in [-0.1, -0.05) is 24.6 Å². The number of likely N-dealkylation sites (N-methyl/N-ethyl adjacent to an activating group) is 1. The molecule has 1 aliphatic heterocycles. The topological polar surface area (TPSA) is 41.3 Å². The van der Waals surface area contributed by atoms with Crippen molar-refractivity contribution < 1.29 is 4.52 Å². The molecular formula is C14H23N3O. The van der Waals surface area contributed by atoms with Crippen molar-refractivity contribution in [2.75, 3.05) is 32.0 Å². The molecule has 1 N–H and O–H groups in total. The first-order valence-corrected chi connectivity index (χ1v) is 6.80. The van der Waals surface area contributed by atoms with Crippen LogP contribution >= 0.6 is 0 Å². The molecule has 4 nitrogen and oxygen atoms in total. The van der Waals surface area contributed by atoms with Crippen molar-refractivity contribution in [1.29, 1.82) is 0 Å². The minimum Gasteiger partial charge on any atom is -0.353 e. The molecular weight excluding hydrogens is 226 g/mol. The van der Waals surface area contributed by atoms with Crippen LogP contribution in [0.1, 0.15) is 37.4 Å². The number of unbranched alkanes of at least 4 members (excludes halogenated alkanes) is 1. The summed E-state index contributed by atoms with van der Waals surface area (Å²) in [5.41, 5.74) is 3.48. The zero-order valence-electron chi connectivity index (χ0n) is 11.6. The molecule has 0 amide bonds. The van der Waals surface area contributed by atoms with Crippen LogP contribution in [0.15, 0.2) is 10.6 Å². The fourth-order valence-electron chi connectivity index (χ4n) is 2.32. The summed E-state index contributed by atoms with van der Waals surface area (Å²) in [5.74, 6) is 0.836. The molecule has 0 bridgehead atoms. The molecule has 4 heteroatoms. The zero-order chi connectivity index (χ0) is 13.0. The summed E-state index contributed by atoms with van der Waals surface area (Å²) in [6.07, 6.45) is 5.74. The lowest BCUT2D eigenvalue weighted by Crippen LogP contribution is -2.25. The Bertz CT molecular complexity index is 423. The molecule has 0 radical (unpaired) electrons. The fraction of sp³-hybridized carbons (Fsp3) is 0.643. The quantitative estimate of drug-likeness (QED) is 0.815. The summed E-state index contributed by atoms with van der Waals surface area (Å²) in [6, 6.07) is 0. The van der Waals surface area contributed by atoms with E-state index in [-0.39, 0.29) is 0 Å². The predicted molar refractivity (Wildman–Crippen MR) is 74.7 cm³/mol. The van der Waals surface area contributed by atoms with Gasteiger partial charge in [-0.05, 0) is 32.4 Å². The minimum absolute atomic E-state index is 0.836. The normalized spacial score (nSPS) is 16.7. The molecule has 0 saturated carbocycles. The predicted octanol–water partition coefficient (Wildman–Crippen LogP) is 2.91. The number of hydrogen-bond acceptors (Lipinski definition) is 4. The van der Waals surface area contributed by atoms with Crippen molar-refractivity contribution in [1.82, 2.24) is 10.1 Å². The number of nitrogens with zero attached hydrogens (tertiary/aromatic N) is 2. The smallest absolute Gasteiger partial charge is 0.232 e. The van der Waals surface area contributed by atoms with Crippen LogP contribution in [0, 0.1) is 6.92 Å². The molecule has 100 valence electrons. The van der Waals surface area contributed by atoms with E-state index in [2.05, 4.69) is 35.4 Å². The molecule has 1 aromatic heterocycles. The lowest BCUT2D eigenvalue weighted by atomic mass is 10.0. The van der Waals surface area contributed by atoms with Crippen molar-refractivity contribution in [3.05, 3.63) is 17.3 Å². The first-order chi connectivity index (χ1) is 8.72. The molecule has 0 unspecified atom stereocenters. The van der Waals surface area contributed by atoms with Gasteiger partial charge in [-0.15, -0.1) is 0 Å². The van der Waals surface area contributed by atoms with Crippen molar-refractivity contribution in [2.45, 2.75) is 33.1 Å². The Hall–Kier alpha value is -1.29. The Kier molecular flexibility index (Phi) is 4.42. The van der Waals surface area contributed by atoms with Gasteiger partial charge in [-0.2, -0.15) is 0 Å². The van der Waals surface area contributed by atoms with E-state index in [1.54, 1.807) is 0 Å². The highest BCUT2D eigenvalue weighted by molar-refractivity contribution is 5.76. The molecule has 2 rings (SSSR count). The number of aryl methyl sites for hydroxylation is 1. The summed E-state index contributed by atoms with van der Waals surface area (Å²) < 4.78 is 5.41. The molecule has 0 saturated heterocycles. The number of nitrogens with one attached hydrogen (secondary N) is 1. The minimum atomic E-state index is 0.836. The van der Waals surface area contributed by atoms with Crippen molar-refractivity contribution in [2.24, 2.45) is 0 Å². The van der Waals surface area contributed by atoms with Gasteiger partial charge in [-0.25, -0.2) is 0 Å². The van der Waals surface area contributed by atoms with E-state index in [1.807, 2.05) is 6.92 Å². The Morgan fingerprint density at radius 1 is 1.50 bits per heavy atom. The van der Waals surface area contributed by atoms with E-state index in [0.717, 1.165) is 49.6 Å². The van der Waals surface area contributed by atoms with Gasteiger partial charge >= 0.3 is 0 Å². The van der Waals surface area contributed by atoms with Crippen LogP contribution < -0.4 is 5.32 Å². The van der Waals surface area contributed by atoms with Gasteiger partial charge in [0, 0.05) is 19.6 Å². The van der Waals surface area contributed by atoms with Crippen LogP contribution in [0.5, 0.6) is 0 Å². The summed E-state index contributed by atoms with van der Waals surface area (Å²) in [5, 5.41) is 7.46. The molecule has 0 fully saturated rings. The third-order valence-corrected chi connectivity index (χ3v) is 3.34. The Balaban J connectivity index is 2.15. The van der Waals surface area contributed by atoms with E-state index in [1.165, 1.54) is 12.0 Å². The van der Waals surface area contributed by atoms with Crippen molar-refractivity contribution in [3.63, 3.8) is 0 Å². The van der Waals surface area contributed by atoms with Gasteiger partial charge in [-0.3, -0.25) is 0 Å². The van der Waals surface area contributed by atoms with Crippen molar-refractivity contribution in [3.8, 4) is 0 Å². The van der Waals surface area contributed by atoms with Crippen LogP contribution in [0.2, 0.25) is 0 Å². The van der Waals surface area contributed by atoms with Crippen LogP contribution in [0.4, 0.5) is 5.88 Å². The SMILES string of the molecule is CCCCNc1onc(C)c1C1=CCCN(C)C1. The molecule has 0 aromatic carbocycles. The summed E-state index contributed by atoms with van der Waals surface area (Å²) in [4.78, 5) is 2.33. The maximum absolute atomic E-state index is 5.41. The van der Waals surface area contributed by atoms with E-state index >= 15 is 0 Å². The number of aromatic nitrogens is 1. The fourth-order valence-corrected chi connectivity index (χ4v) is 2.32. The van der Waals surface area contributed by atoms with Gasteiger partial charge < -0.3 is 14.7 Å². The number of hydrogen-bond donors (Lipinski definition) is 1. The lowest BCUT2D eigenvalue weighted by Gasteiger charge is -2.23. The maximum atomic E-state index is 5.41. The van der Waals surface area contributed by atoms with Crippen molar-refractivity contribution >= 4 is 11.5 Å². The number of anilines is 1. The maximum Gasteiger partial charge on any atom is 0.232 e. The average molecular weight is 249 g/mol. The molecule has 1 aromatic rings. The number of rotatable bonds is 5. The van der Waals surface area contributed by atoms with Crippen LogP contribution in [0.3, 0.4) is 0 Å². The van der Waals surface area contributed by atoms with E-state index < -0.39 is 0 Å². The molecule has 0 atom stereocenters. The van der Waals surface area contributed by atoms with E-state index in [4.69, 9.17) is 4.52 Å². The Morgan fingerprint density at radius 2 is 2.33 bits per heavy atom. The Morgan fingerprint density at radius 3 is 3.06 bits per heavy atom. The highest BCUT2D eigenvalue weighted by Gasteiger charge is 2.19. The largest absolute Gasteiger partial charge is 0.353 e. The summed E-state index contributed by atoms with van der Waals surface area (Å²) >= 11 is 0. The second-order valence-corrected chi connectivity index (χ2v) is 5.01. The monoisotopic (exact) mass is 249 g/mol. The highest BCUT2D eigenvalue weighted by Crippen LogP contribution is 2.29. The summed E-state index contributed by atoms with van der Waals surface area (Å²) in [7, 11) is 2.15. The standard InChI is InChI=1S/C14H23N3O/c1-4-5-8-15-14-13(11(2)16-18-14)12-7-6-9-17(3)10-12/h7,15H,4-6,8-10H2,1-3H3. The second kappa shape index (κ2) is 6.05. The third kappa shape index (κ3) is 2.93. The van der Waals surface area contributed by atoms with E-state index in [9.17, 15) is 0 Å². The van der Waals surface area contributed by atoms with E-state index in [0.29, 0.717) is 0 Å². The molecule has 18 heavy (non-hydrogen) atoms. The summed E-state index contributed by atoms with van der Waals surface area (Å²) in [6.45, 7) is 7.25.